The fourth-order valence-electron chi connectivity index (χ4n) is 4.51. The van der Waals surface area contributed by atoms with Gasteiger partial charge in [0.15, 0.2) is 0 Å². The summed E-state index contributed by atoms with van der Waals surface area (Å²) >= 11 is 0. The van der Waals surface area contributed by atoms with Crippen molar-refractivity contribution in [3.05, 3.63) is 34.7 Å². The molecular formula is C24H38O2. The Balaban J connectivity index is 0.000000269. The van der Waals surface area contributed by atoms with Gasteiger partial charge in [-0.1, -0.05) is 83.1 Å². The summed E-state index contributed by atoms with van der Waals surface area (Å²) in [5.41, 5.74) is 0. The van der Waals surface area contributed by atoms with Gasteiger partial charge in [0.25, 0.3) is 0 Å². The van der Waals surface area contributed by atoms with E-state index < -0.39 is 0 Å². The van der Waals surface area contributed by atoms with Gasteiger partial charge in [0, 0.05) is 0 Å². The molecule has 26 heavy (non-hydrogen) atoms. The van der Waals surface area contributed by atoms with Crippen LogP contribution in [0.4, 0.5) is 0 Å². The maximum Gasteiger partial charge on any atom is 0.0838 e. The molecular weight excluding hydrogens is 320 g/mol. The van der Waals surface area contributed by atoms with Gasteiger partial charge >= 0.3 is 0 Å². The molecule has 4 aliphatic rings. The second kappa shape index (κ2) is 10.5. The quantitative estimate of drug-likeness (QED) is 0.545. The van der Waals surface area contributed by atoms with Crippen molar-refractivity contribution in [2.75, 3.05) is 13.2 Å². The highest BCUT2D eigenvalue weighted by Gasteiger charge is 2.31. The first-order chi connectivity index (χ1) is 12.8. The molecule has 2 unspecified atom stereocenters. The molecule has 0 aromatic rings. The van der Waals surface area contributed by atoms with Crippen LogP contribution in [0.5, 0.6) is 0 Å². The first-order valence-electron chi connectivity index (χ1n) is 11.1. The maximum atomic E-state index is 6.09. The van der Waals surface area contributed by atoms with Gasteiger partial charge in [-0.3, -0.25) is 0 Å². The van der Waals surface area contributed by atoms with Crippen LogP contribution in [-0.4, -0.2) is 25.4 Å². The molecule has 0 spiro atoms. The number of unbranched alkanes of at least 4 members (excludes halogenated alkanes) is 2. The van der Waals surface area contributed by atoms with Crippen LogP contribution in [0.25, 0.3) is 0 Å². The average molecular weight is 359 g/mol. The van der Waals surface area contributed by atoms with Gasteiger partial charge in [0.2, 0.25) is 0 Å². The third kappa shape index (κ3) is 5.57. The highest BCUT2D eigenvalue weighted by atomic mass is 16.6. The fourth-order valence-corrected chi connectivity index (χ4v) is 4.51. The zero-order valence-electron chi connectivity index (χ0n) is 16.9. The van der Waals surface area contributed by atoms with Crippen LogP contribution in [0.2, 0.25) is 0 Å². The molecule has 1 saturated heterocycles. The van der Waals surface area contributed by atoms with E-state index in [-0.39, 0.29) is 0 Å². The lowest BCUT2D eigenvalue weighted by molar-refractivity contribution is -0.156. The molecule has 2 fully saturated rings. The van der Waals surface area contributed by atoms with Gasteiger partial charge in [-0.2, -0.15) is 0 Å². The molecule has 0 aromatic heterocycles. The molecule has 2 nitrogen and oxygen atoms in total. The molecule has 0 amide bonds. The zero-order chi connectivity index (χ0) is 18.2. The van der Waals surface area contributed by atoms with Crippen LogP contribution in [0.1, 0.15) is 78.1 Å². The predicted octanol–water partition coefficient (Wildman–Crippen LogP) is 6.24. The first kappa shape index (κ1) is 19.9. The van der Waals surface area contributed by atoms with E-state index in [1.807, 2.05) is 0 Å². The summed E-state index contributed by atoms with van der Waals surface area (Å²) in [7, 11) is 0. The molecule has 2 atom stereocenters. The number of rotatable bonds is 7. The summed E-state index contributed by atoms with van der Waals surface area (Å²) in [6.07, 6.45) is 14.3. The van der Waals surface area contributed by atoms with Crippen LogP contribution in [-0.2, 0) is 9.47 Å². The molecule has 0 radical (unpaired) electrons. The number of ether oxygens (including phenoxy) is 2. The summed E-state index contributed by atoms with van der Waals surface area (Å²) in [5, 5.41) is 2.85. The number of hydrogen-bond donors (Lipinski definition) is 0. The van der Waals surface area contributed by atoms with Gasteiger partial charge in [-0.05, 0) is 41.5 Å². The minimum absolute atomic E-state index is 0.363. The minimum Gasteiger partial charge on any atom is -0.373 e. The van der Waals surface area contributed by atoms with Gasteiger partial charge in [-0.25, -0.2) is 0 Å². The Morgan fingerprint density at radius 1 is 0.769 bits per heavy atom. The van der Waals surface area contributed by atoms with E-state index in [1.54, 1.807) is 0 Å². The smallest absolute Gasteiger partial charge is 0.0838 e. The van der Waals surface area contributed by atoms with E-state index in [0.717, 1.165) is 31.5 Å². The normalized spacial score (nSPS) is 29.6. The highest BCUT2D eigenvalue weighted by molar-refractivity contribution is 5.22. The predicted molar refractivity (Wildman–Crippen MR) is 108 cm³/mol. The largest absolute Gasteiger partial charge is 0.373 e. The van der Waals surface area contributed by atoms with Crippen LogP contribution in [0, 0.1) is 22.3 Å². The van der Waals surface area contributed by atoms with Gasteiger partial charge in [-0.15, -0.1) is 0 Å². The Labute approximate surface area is 160 Å². The lowest BCUT2D eigenvalue weighted by Gasteiger charge is -2.37. The molecule has 2 heteroatoms. The van der Waals surface area contributed by atoms with E-state index in [2.05, 4.69) is 38.1 Å². The molecule has 3 aliphatic carbocycles. The average Bonchev–Trinajstić information content (AvgIpc) is 2.67. The fraction of sp³-hybridized carbons (Fsp3) is 0.750. The number of benzene rings is 1. The van der Waals surface area contributed by atoms with Crippen molar-refractivity contribution in [2.24, 2.45) is 11.8 Å². The van der Waals surface area contributed by atoms with Crippen LogP contribution in [0.15, 0.2) is 24.3 Å². The van der Waals surface area contributed by atoms with Gasteiger partial charge in [0.1, 0.15) is 0 Å². The summed E-state index contributed by atoms with van der Waals surface area (Å²) in [5.74, 6) is 1.76. The van der Waals surface area contributed by atoms with E-state index in [0.29, 0.717) is 12.2 Å². The SMILES string of the molecule is CCCCCC1CCC(C2COC(CCC)CO2)CC1.c1cc2ccc1=2. The third-order valence-electron chi connectivity index (χ3n) is 6.45. The summed E-state index contributed by atoms with van der Waals surface area (Å²) < 4.78 is 12.1. The maximum absolute atomic E-state index is 6.09. The molecule has 1 aliphatic heterocycles. The van der Waals surface area contributed by atoms with Crippen molar-refractivity contribution < 1.29 is 9.47 Å². The van der Waals surface area contributed by atoms with Crippen LogP contribution >= 0.6 is 0 Å². The van der Waals surface area contributed by atoms with Crippen LogP contribution < -0.4 is 0 Å². The summed E-state index contributed by atoms with van der Waals surface area (Å²) in [6, 6.07) is 8.48. The molecule has 1 saturated carbocycles. The Hall–Kier alpha value is -0.860. The van der Waals surface area contributed by atoms with Crippen molar-refractivity contribution in [1.82, 2.24) is 0 Å². The molecule has 0 bridgehead atoms. The Morgan fingerprint density at radius 3 is 1.92 bits per heavy atom. The molecule has 1 heterocycles. The topological polar surface area (TPSA) is 18.5 Å². The van der Waals surface area contributed by atoms with Crippen molar-refractivity contribution >= 4 is 0 Å². The standard InChI is InChI=1S/C18H34O2.C6H4/c1-3-5-6-8-15-9-11-16(12-10-15)18-14-19-17(7-4-2)13-20-18;1-2-6-4-3-5(1)6/h15-18H,3-14H2,1-2H3;1-4H. The van der Waals surface area contributed by atoms with Gasteiger partial charge < -0.3 is 9.47 Å². The molecule has 4 rings (SSSR count). The van der Waals surface area contributed by atoms with Crippen molar-refractivity contribution in [1.29, 1.82) is 0 Å². The van der Waals surface area contributed by atoms with Crippen LogP contribution in [0.3, 0.4) is 0 Å². The molecule has 0 aromatic carbocycles. The second-order valence-corrected chi connectivity index (χ2v) is 8.47. The number of hydrogen-bond acceptors (Lipinski definition) is 2. The van der Waals surface area contributed by atoms with Crippen molar-refractivity contribution in [3.63, 3.8) is 0 Å². The van der Waals surface area contributed by atoms with Gasteiger partial charge in [0.05, 0.1) is 25.4 Å². The second-order valence-electron chi connectivity index (χ2n) is 8.47. The van der Waals surface area contributed by atoms with Crippen molar-refractivity contribution in [2.45, 2.75) is 90.3 Å². The van der Waals surface area contributed by atoms with E-state index in [4.69, 9.17) is 9.47 Å². The first-order valence-corrected chi connectivity index (χ1v) is 11.1. The van der Waals surface area contributed by atoms with Crippen molar-refractivity contribution in [3.8, 4) is 0 Å². The van der Waals surface area contributed by atoms with E-state index in [9.17, 15) is 0 Å². The Kier molecular flexibility index (Phi) is 8.01. The summed E-state index contributed by atoms with van der Waals surface area (Å²) in [4.78, 5) is 0. The Morgan fingerprint density at radius 2 is 1.46 bits per heavy atom. The summed E-state index contributed by atoms with van der Waals surface area (Å²) in [6.45, 7) is 6.18. The molecule has 146 valence electrons. The van der Waals surface area contributed by atoms with E-state index >= 15 is 0 Å². The Bertz CT molecular complexity index is 545. The zero-order valence-corrected chi connectivity index (χ0v) is 16.9. The third-order valence-corrected chi connectivity index (χ3v) is 6.45. The lowest BCUT2D eigenvalue weighted by atomic mass is 9.77. The lowest BCUT2D eigenvalue weighted by Crippen LogP contribution is -2.41. The highest BCUT2D eigenvalue weighted by Crippen LogP contribution is 2.35. The van der Waals surface area contributed by atoms with E-state index in [1.165, 1.54) is 68.2 Å². The molecule has 0 N–H and O–H groups in total. The monoisotopic (exact) mass is 358 g/mol. The minimum atomic E-state index is 0.363.